The molecule has 0 saturated heterocycles. The van der Waals surface area contributed by atoms with Gasteiger partial charge in [-0.3, -0.25) is 4.98 Å². The van der Waals surface area contributed by atoms with Crippen LogP contribution in [-0.4, -0.2) is 29.2 Å². The van der Waals surface area contributed by atoms with E-state index in [2.05, 4.69) is 34.5 Å². The lowest BCUT2D eigenvalue weighted by molar-refractivity contribution is 0.0882. The molecule has 2 heterocycles. The molecule has 0 spiro atoms. The van der Waals surface area contributed by atoms with Crippen LogP contribution >= 0.6 is 0 Å². The van der Waals surface area contributed by atoms with Gasteiger partial charge in [0.15, 0.2) is 5.82 Å². The van der Waals surface area contributed by atoms with Crippen LogP contribution in [0.25, 0.3) is 16.4 Å². The predicted molar refractivity (Wildman–Crippen MR) is 89.9 cm³/mol. The van der Waals surface area contributed by atoms with E-state index in [1.807, 2.05) is 29.0 Å². The standard InChI is InChI=1S/C16H22N4OSi/c1-17-11-14-12-20(13-21-9-10-22(2,3)4)16(19-14)15-7-5-6-8-18-15/h5-8,12H,9-11,13H2,2-4H3. The second kappa shape index (κ2) is 7.34. The molecule has 116 valence electrons. The minimum absolute atomic E-state index is 0.280. The summed E-state index contributed by atoms with van der Waals surface area (Å²) in [5.41, 5.74) is 1.55. The molecule has 2 aromatic rings. The molecular weight excluding hydrogens is 292 g/mol. The Bertz CT molecular complexity index is 640. The summed E-state index contributed by atoms with van der Waals surface area (Å²) >= 11 is 0. The zero-order valence-corrected chi connectivity index (χ0v) is 14.4. The molecule has 0 aliphatic rings. The van der Waals surface area contributed by atoms with Gasteiger partial charge in [0.25, 0.3) is 6.54 Å². The molecule has 0 aliphatic heterocycles. The van der Waals surface area contributed by atoms with E-state index in [0.29, 0.717) is 6.73 Å². The molecule has 0 aliphatic carbocycles. The van der Waals surface area contributed by atoms with Crippen LogP contribution in [0.15, 0.2) is 30.6 Å². The van der Waals surface area contributed by atoms with E-state index in [1.54, 1.807) is 6.20 Å². The van der Waals surface area contributed by atoms with Crippen molar-refractivity contribution < 1.29 is 4.74 Å². The summed E-state index contributed by atoms with van der Waals surface area (Å²) in [6, 6.07) is 6.86. The van der Waals surface area contributed by atoms with E-state index in [0.717, 1.165) is 29.9 Å². The first-order valence-corrected chi connectivity index (χ1v) is 11.1. The smallest absolute Gasteiger partial charge is 0.257 e. The molecule has 0 fully saturated rings. The third kappa shape index (κ3) is 4.79. The summed E-state index contributed by atoms with van der Waals surface area (Å²) in [5, 5.41) is 0. The van der Waals surface area contributed by atoms with Gasteiger partial charge in [-0.15, -0.1) is 0 Å². The van der Waals surface area contributed by atoms with Gasteiger partial charge in [-0.1, -0.05) is 25.7 Å². The van der Waals surface area contributed by atoms with Crippen molar-refractivity contribution in [1.29, 1.82) is 0 Å². The topological polar surface area (TPSA) is 44.3 Å². The van der Waals surface area contributed by atoms with Crippen molar-refractivity contribution in [3.05, 3.63) is 47.7 Å². The maximum atomic E-state index is 6.99. The summed E-state index contributed by atoms with van der Waals surface area (Å²) in [7, 11) is -1.08. The number of rotatable bonds is 7. The Balaban J connectivity index is 2.10. The Labute approximate surface area is 132 Å². The summed E-state index contributed by atoms with van der Waals surface area (Å²) in [6.07, 6.45) is 3.63. The molecule has 0 atom stereocenters. The number of nitrogens with zero attached hydrogens (tertiary/aromatic N) is 4. The molecule has 0 bridgehead atoms. The molecule has 0 amide bonds. The van der Waals surface area contributed by atoms with Crippen molar-refractivity contribution in [1.82, 2.24) is 14.5 Å². The molecule has 2 rings (SSSR count). The molecular formula is C16H22N4OSi. The second-order valence-corrected chi connectivity index (χ2v) is 12.0. The highest BCUT2D eigenvalue weighted by Crippen LogP contribution is 2.17. The van der Waals surface area contributed by atoms with Crippen molar-refractivity contribution in [3.8, 4) is 11.5 Å². The summed E-state index contributed by atoms with van der Waals surface area (Å²) < 4.78 is 7.74. The first kappa shape index (κ1) is 16.4. The van der Waals surface area contributed by atoms with Crippen molar-refractivity contribution in [2.75, 3.05) is 6.61 Å². The summed E-state index contributed by atoms with van der Waals surface area (Å²) in [4.78, 5) is 12.3. The van der Waals surface area contributed by atoms with Crippen LogP contribution in [0.3, 0.4) is 0 Å². The molecule has 0 unspecified atom stereocenters. The van der Waals surface area contributed by atoms with Gasteiger partial charge in [0.2, 0.25) is 0 Å². The quantitative estimate of drug-likeness (QED) is 0.445. The number of imidazole rings is 1. The number of ether oxygens (including phenoxy) is 1. The van der Waals surface area contributed by atoms with Crippen LogP contribution < -0.4 is 0 Å². The minimum atomic E-state index is -1.08. The van der Waals surface area contributed by atoms with Crippen LogP contribution in [0.4, 0.5) is 0 Å². The predicted octanol–water partition coefficient (Wildman–Crippen LogP) is 3.68. The van der Waals surface area contributed by atoms with Crippen molar-refractivity contribution in [2.45, 2.75) is 39.0 Å². The van der Waals surface area contributed by atoms with Crippen LogP contribution in [0.1, 0.15) is 5.69 Å². The maximum Gasteiger partial charge on any atom is 0.257 e. The number of hydrogen-bond acceptors (Lipinski definition) is 3. The number of pyridine rings is 1. The fourth-order valence-electron chi connectivity index (χ4n) is 1.97. The van der Waals surface area contributed by atoms with E-state index < -0.39 is 8.07 Å². The Hall–Kier alpha value is -1.97. The van der Waals surface area contributed by atoms with E-state index in [-0.39, 0.29) is 6.54 Å². The monoisotopic (exact) mass is 314 g/mol. The fourth-order valence-corrected chi connectivity index (χ4v) is 2.72. The lowest BCUT2D eigenvalue weighted by Crippen LogP contribution is -2.22. The Kier molecular flexibility index (Phi) is 5.47. The average Bonchev–Trinajstić information content (AvgIpc) is 2.87. The molecule has 2 aromatic heterocycles. The van der Waals surface area contributed by atoms with Crippen LogP contribution in [0, 0.1) is 6.57 Å². The normalized spacial score (nSPS) is 11.4. The van der Waals surface area contributed by atoms with Gasteiger partial charge in [0.1, 0.15) is 18.1 Å². The van der Waals surface area contributed by atoms with Crippen molar-refractivity contribution in [3.63, 3.8) is 0 Å². The molecule has 0 saturated carbocycles. The third-order valence-corrected chi connectivity index (χ3v) is 4.89. The van der Waals surface area contributed by atoms with Crippen LogP contribution in [0.5, 0.6) is 0 Å². The Morgan fingerprint density at radius 3 is 2.77 bits per heavy atom. The SMILES string of the molecule is [C-]#[N+]Cc1cn(COCC[Si](C)(C)C)c(-c2ccccn2)n1. The van der Waals surface area contributed by atoms with Crippen LogP contribution in [0.2, 0.25) is 25.7 Å². The van der Waals surface area contributed by atoms with Crippen LogP contribution in [-0.2, 0) is 18.0 Å². The second-order valence-electron chi connectivity index (χ2n) is 6.40. The summed E-state index contributed by atoms with van der Waals surface area (Å²) in [6.45, 7) is 15.5. The van der Waals surface area contributed by atoms with Gasteiger partial charge < -0.3 is 14.1 Å². The maximum absolute atomic E-state index is 6.99. The van der Waals surface area contributed by atoms with E-state index in [1.165, 1.54) is 0 Å². The average molecular weight is 314 g/mol. The Morgan fingerprint density at radius 2 is 2.14 bits per heavy atom. The lowest BCUT2D eigenvalue weighted by atomic mass is 10.3. The Morgan fingerprint density at radius 1 is 1.32 bits per heavy atom. The van der Waals surface area contributed by atoms with Gasteiger partial charge in [-0.25, -0.2) is 11.6 Å². The zero-order valence-electron chi connectivity index (χ0n) is 13.4. The molecule has 6 heteroatoms. The first-order chi connectivity index (χ1) is 10.5. The highest BCUT2D eigenvalue weighted by molar-refractivity contribution is 6.76. The van der Waals surface area contributed by atoms with E-state index >= 15 is 0 Å². The molecule has 0 aromatic carbocycles. The summed E-state index contributed by atoms with van der Waals surface area (Å²) in [5.74, 6) is 0.757. The van der Waals surface area contributed by atoms with E-state index in [9.17, 15) is 0 Å². The van der Waals surface area contributed by atoms with Crippen molar-refractivity contribution in [2.24, 2.45) is 0 Å². The van der Waals surface area contributed by atoms with Gasteiger partial charge in [-0.05, 0) is 18.2 Å². The van der Waals surface area contributed by atoms with Gasteiger partial charge in [0.05, 0.1) is 0 Å². The third-order valence-electron chi connectivity index (χ3n) is 3.19. The minimum Gasteiger partial charge on any atom is -0.361 e. The fraction of sp³-hybridized carbons (Fsp3) is 0.438. The number of aromatic nitrogens is 3. The largest absolute Gasteiger partial charge is 0.361 e. The molecule has 0 radical (unpaired) electrons. The highest BCUT2D eigenvalue weighted by Gasteiger charge is 2.14. The lowest BCUT2D eigenvalue weighted by Gasteiger charge is -2.16. The van der Waals surface area contributed by atoms with Gasteiger partial charge in [-0.2, -0.15) is 0 Å². The zero-order chi connectivity index (χ0) is 16.0. The highest BCUT2D eigenvalue weighted by atomic mass is 28.3. The molecule has 0 N–H and O–H groups in total. The molecule has 5 nitrogen and oxygen atoms in total. The number of hydrogen-bond donors (Lipinski definition) is 0. The van der Waals surface area contributed by atoms with Crippen molar-refractivity contribution >= 4 is 8.07 Å². The first-order valence-electron chi connectivity index (χ1n) is 7.38. The van der Waals surface area contributed by atoms with Gasteiger partial charge in [0, 0.05) is 27.1 Å². The molecule has 22 heavy (non-hydrogen) atoms. The van der Waals surface area contributed by atoms with Gasteiger partial charge >= 0.3 is 0 Å². The van der Waals surface area contributed by atoms with E-state index in [4.69, 9.17) is 11.3 Å².